The fourth-order valence-electron chi connectivity index (χ4n) is 1.82. The van der Waals surface area contributed by atoms with E-state index in [4.69, 9.17) is 13.5 Å². The van der Waals surface area contributed by atoms with Crippen molar-refractivity contribution < 1.29 is 23.1 Å². The number of aliphatic hydroxyl groups excluding tert-OH is 1. The van der Waals surface area contributed by atoms with Crippen LogP contribution in [0.3, 0.4) is 0 Å². The molecule has 19 heavy (non-hydrogen) atoms. The van der Waals surface area contributed by atoms with Crippen molar-refractivity contribution in [3.63, 3.8) is 0 Å². The zero-order valence-electron chi connectivity index (χ0n) is 11.9. The van der Waals surface area contributed by atoms with Crippen LogP contribution in [0.25, 0.3) is 0 Å². The van der Waals surface area contributed by atoms with Gasteiger partial charge >= 0.3 is 7.60 Å². The van der Waals surface area contributed by atoms with E-state index in [9.17, 15) is 9.67 Å². The van der Waals surface area contributed by atoms with Gasteiger partial charge in [0.15, 0.2) is 0 Å². The van der Waals surface area contributed by atoms with Crippen LogP contribution in [0.1, 0.15) is 45.5 Å². The largest absolute Gasteiger partial charge is 0.468 e. The van der Waals surface area contributed by atoms with Gasteiger partial charge in [-0.25, -0.2) is 0 Å². The molecule has 0 saturated carbocycles. The van der Waals surface area contributed by atoms with E-state index in [1.165, 1.54) is 6.26 Å². The molecule has 1 N–H and O–H groups in total. The first-order chi connectivity index (χ1) is 8.89. The molecule has 0 fully saturated rings. The lowest BCUT2D eigenvalue weighted by Crippen LogP contribution is -2.14. The molecule has 0 aliphatic carbocycles. The number of hydrogen-bond acceptors (Lipinski definition) is 5. The van der Waals surface area contributed by atoms with Gasteiger partial charge in [-0.05, 0) is 46.2 Å². The SMILES string of the molecule is CC(C)OP(=O)(OC(C)C)[C@@H](CCO)c1ccco1. The first kappa shape index (κ1) is 16.4. The minimum Gasteiger partial charge on any atom is -0.468 e. The van der Waals surface area contributed by atoms with Gasteiger partial charge in [-0.3, -0.25) is 4.57 Å². The molecule has 1 atom stereocenters. The summed E-state index contributed by atoms with van der Waals surface area (Å²) in [6.45, 7) is 7.09. The monoisotopic (exact) mass is 290 g/mol. The Morgan fingerprint density at radius 1 is 1.26 bits per heavy atom. The van der Waals surface area contributed by atoms with E-state index in [1.807, 2.05) is 0 Å². The maximum atomic E-state index is 13.0. The van der Waals surface area contributed by atoms with Gasteiger partial charge in [-0.2, -0.15) is 0 Å². The lowest BCUT2D eigenvalue weighted by atomic mass is 10.2. The molecule has 0 aliphatic heterocycles. The molecular weight excluding hydrogens is 267 g/mol. The van der Waals surface area contributed by atoms with Gasteiger partial charge < -0.3 is 18.6 Å². The van der Waals surface area contributed by atoms with Crippen LogP contribution in [-0.4, -0.2) is 23.9 Å². The highest BCUT2D eigenvalue weighted by Gasteiger charge is 2.40. The van der Waals surface area contributed by atoms with Crippen molar-refractivity contribution in [1.82, 2.24) is 0 Å². The van der Waals surface area contributed by atoms with Crippen LogP contribution in [0.5, 0.6) is 0 Å². The Labute approximate surface area is 114 Å². The van der Waals surface area contributed by atoms with Crippen molar-refractivity contribution in [2.45, 2.75) is 52.0 Å². The molecule has 0 spiro atoms. The van der Waals surface area contributed by atoms with Gasteiger partial charge in [-0.15, -0.1) is 0 Å². The molecular formula is C13H23O5P. The summed E-state index contributed by atoms with van der Waals surface area (Å²) < 4.78 is 29.4. The summed E-state index contributed by atoms with van der Waals surface area (Å²) in [4.78, 5) is 0. The highest BCUT2D eigenvalue weighted by molar-refractivity contribution is 7.54. The van der Waals surface area contributed by atoms with Crippen LogP contribution in [0.4, 0.5) is 0 Å². The summed E-state index contributed by atoms with van der Waals surface area (Å²) in [7, 11) is -3.40. The van der Waals surface area contributed by atoms with Crippen molar-refractivity contribution in [3.8, 4) is 0 Å². The molecule has 0 unspecified atom stereocenters. The third-order valence-corrected chi connectivity index (χ3v) is 5.08. The average molecular weight is 290 g/mol. The Morgan fingerprint density at radius 3 is 2.21 bits per heavy atom. The second-order valence-corrected chi connectivity index (χ2v) is 7.02. The number of hydrogen-bond donors (Lipinski definition) is 1. The quantitative estimate of drug-likeness (QED) is 0.738. The first-order valence-corrected chi connectivity index (χ1v) is 8.11. The van der Waals surface area contributed by atoms with E-state index in [0.29, 0.717) is 5.76 Å². The molecule has 0 aromatic carbocycles. The highest BCUT2D eigenvalue weighted by Crippen LogP contribution is 2.63. The predicted molar refractivity (Wildman–Crippen MR) is 73.2 cm³/mol. The van der Waals surface area contributed by atoms with Crippen molar-refractivity contribution >= 4 is 7.60 Å². The fraction of sp³-hybridized carbons (Fsp3) is 0.692. The molecule has 0 amide bonds. The van der Waals surface area contributed by atoms with Crippen molar-refractivity contribution in [3.05, 3.63) is 24.2 Å². The molecule has 5 nitrogen and oxygen atoms in total. The lowest BCUT2D eigenvalue weighted by Gasteiger charge is -2.28. The summed E-state index contributed by atoms with van der Waals surface area (Å²) in [5, 5.41) is 9.19. The molecule has 0 radical (unpaired) electrons. The van der Waals surface area contributed by atoms with Gasteiger partial charge in [0, 0.05) is 6.61 Å². The number of rotatable bonds is 8. The summed E-state index contributed by atoms with van der Waals surface area (Å²) in [5.74, 6) is 0.513. The standard InChI is InChI=1S/C13H23O5P/c1-10(2)17-19(15,18-11(3)4)13(7-8-14)12-6-5-9-16-12/h5-6,9-11,13-14H,7-8H2,1-4H3/t13-/m0/s1. The topological polar surface area (TPSA) is 68.9 Å². The summed E-state index contributed by atoms with van der Waals surface area (Å²) >= 11 is 0. The fourth-order valence-corrected chi connectivity index (χ4v) is 4.23. The maximum Gasteiger partial charge on any atom is 0.341 e. The van der Waals surface area contributed by atoms with Crippen molar-refractivity contribution in [1.29, 1.82) is 0 Å². The molecule has 1 rings (SSSR count). The van der Waals surface area contributed by atoms with Gasteiger partial charge in [0.05, 0.1) is 18.5 Å². The molecule has 1 heterocycles. The Hall–Kier alpha value is -0.610. The minimum atomic E-state index is -3.40. The van der Waals surface area contributed by atoms with Gasteiger partial charge in [-0.1, -0.05) is 0 Å². The van der Waals surface area contributed by atoms with Crippen LogP contribution in [0.15, 0.2) is 22.8 Å². The van der Waals surface area contributed by atoms with Crippen LogP contribution >= 0.6 is 7.60 Å². The predicted octanol–water partition coefficient (Wildman–Crippen LogP) is 3.75. The van der Waals surface area contributed by atoms with E-state index >= 15 is 0 Å². The molecule has 1 aromatic rings. The first-order valence-electron chi connectivity index (χ1n) is 6.50. The smallest absolute Gasteiger partial charge is 0.341 e. The van der Waals surface area contributed by atoms with Crippen LogP contribution < -0.4 is 0 Å². The van der Waals surface area contributed by atoms with E-state index in [0.717, 1.165) is 0 Å². The maximum absolute atomic E-state index is 13.0. The highest BCUT2D eigenvalue weighted by atomic mass is 31.2. The second-order valence-electron chi connectivity index (χ2n) is 4.89. The van der Waals surface area contributed by atoms with Crippen molar-refractivity contribution in [2.75, 3.05) is 6.61 Å². The molecule has 1 aromatic heterocycles. The van der Waals surface area contributed by atoms with Crippen LogP contribution in [-0.2, 0) is 13.6 Å². The molecule has 0 bridgehead atoms. The van der Waals surface area contributed by atoms with Crippen LogP contribution in [0.2, 0.25) is 0 Å². The number of aliphatic hydroxyl groups is 1. The zero-order valence-corrected chi connectivity index (χ0v) is 12.8. The molecule has 0 aliphatic rings. The summed E-state index contributed by atoms with van der Waals surface area (Å²) in [6, 6.07) is 3.44. The van der Waals surface area contributed by atoms with Crippen LogP contribution in [0, 0.1) is 0 Å². The minimum absolute atomic E-state index is 0.113. The molecule has 0 saturated heterocycles. The molecule has 6 heteroatoms. The third kappa shape index (κ3) is 4.77. The summed E-state index contributed by atoms with van der Waals surface area (Å²) in [5.41, 5.74) is -0.586. The average Bonchev–Trinajstić information content (AvgIpc) is 2.76. The zero-order chi connectivity index (χ0) is 14.5. The van der Waals surface area contributed by atoms with E-state index in [-0.39, 0.29) is 25.2 Å². The Morgan fingerprint density at radius 2 is 1.84 bits per heavy atom. The summed E-state index contributed by atoms with van der Waals surface area (Å²) in [6.07, 6.45) is 1.31. The van der Waals surface area contributed by atoms with Crippen molar-refractivity contribution in [2.24, 2.45) is 0 Å². The van der Waals surface area contributed by atoms with E-state index < -0.39 is 13.3 Å². The van der Waals surface area contributed by atoms with Gasteiger partial charge in [0.25, 0.3) is 0 Å². The lowest BCUT2D eigenvalue weighted by molar-refractivity contribution is 0.131. The number of furan rings is 1. The second kappa shape index (κ2) is 7.25. The third-order valence-electron chi connectivity index (χ3n) is 2.37. The Kier molecular flexibility index (Phi) is 6.27. The van der Waals surface area contributed by atoms with E-state index in [1.54, 1.807) is 39.8 Å². The Bertz CT molecular complexity index is 385. The Balaban J connectivity index is 3.06. The molecule has 110 valence electrons. The van der Waals surface area contributed by atoms with Gasteiger partial charge in [0.2, 0.25) is 0 Å². The van der Waals surface area contributed by atoms with Gasteiger partial charge in [0.1, 0.15) is 11.4 Å². The normalized spacial score (nSPS) is 14.3. The van der Waals surface area contributed by atoms with E-state index in [2.05, 4.69) is 0 Å².